The van der Waals surface area contributed by atoms with Gasteiger partial charge in [-0.2, -0.15) is 0 Å². The number of nitrogens with zero attached hydrogens (tertiary/aromatic N) is 1. The van der Waals surface area contributed by atoms with Gasteiger partial charge in [-0.15, -0.1) is 0 Å². The second kappa shape index (κ2) is 10.3. The first kappa shape index (κ1) is 24.5. The Bertz CT molecular complexity index is 1360. The summed E-state index contributed by atoms with van der Waals surface area (Å²) in [7, 11) is 1.43. The minimum Gasteiger partial charge on any atom is -0.493 e. The third kappa shape index (κ3) is 5.23. The fourth-order valence-electron chi connectivity index (χ4n) is 3.34. The fraction of sp³-hybridized carbons (Fsp3) is 0.0800. The summed E-state index contributed by atoms with van der Waals surface area (Å²) in [5.74, 6) is -1.57. The maximum Gasteiger partial charge on any atom is 0.270 e. The molecule has 1 N–H and O–H groups in total. The summed E-state index contributed by atoms with van der Waals surface area (Å²) >= 11 is 8.57. The lowest BCUT2D eigenvalue weighted by atomic mass is 10.1. The largest absolute Gasteiger partial charge is 0.493 e. The molecule has 6 nitrogen and oxygen atoms in total. The van der Waals surface area contributed by atoms with Crippen LogP contribution in [0.5, 0.6) is 11.5 Å². The number of nitrogens with one attached hydrogen (secondary N) is 1. The molecule has 0 spiro atoms. The average molecular weight is 559 g/mol. The topological polar surface area (TPSA) is 67.9 Å². The van der Waals surface area contributed by atoms with Crippen LogP contribution >= 0.6 is 28.1 Å². The van der Waals surface area contributed by atoms with E-state index >= 15 is 0 Å². The molecule has 2 amide bonds. The summed E-state index contributed by atoms with van der Waals surface area (Å²) in [5.41, 5.74) is 0.940. The molecule has 0 radical (unpaired) electrons. The van der Waals surface area contributed by atoms with E-state index < -0.39 is 23.4 Å². The number of methoxy groups -OCH3 is 1. The Morgan fingerprint density at radius 1 is 1.06 bits per heavy atom. The number of amides is 2. The third-order valence-corrected chi connectivity index (χ3v) is 6.08. The lowest BCUT2D eigenvalue weighted by Gasteiger charge is -2.29. The van der Waals surface area contributed by atoms with Crippen molar-refractivity contribution in [2.24, 2.45) is 0 Å². The predicted molar refractivity (Wildman–Crippen MR) is 134 cm³/mol. The molecule has 10 heteroatoms. The van der Waals surface area contributed by atoms with Gasteiger partial charge in [-0.25, -0.2) is 8.78 Å². The minimum absolute atomic E-state index is 0.0269. The van der Waals surface area contributed by atoms with E-state index in [2.05, 4.69) is 21.2 Å². The highest BCUT2D eigenvalue weighted by Gasteiger charge is 2.34. The van der Waals surface area contributed by atoms with Crippen molar-refractivity contribution in [2.45, 2.75) is 6.61 Å². The van der Waals surface area contributed by atoms with E-state index in [0.717, 1.165) is 4.90 Å². The van der Waals surface area contributed by atoms with Crippen molar-refractivity contribution in [2.75, 3.05) is 12.0 Å². The van der Waals surface area contributed by atoms with Crippen LogP contribution in [0.3, 0.4) is 0 Å². The number of hydrogen-bond donors (Lipinski definition) is 1. The number of anilines is 1. The van der Waals surface area contributed by atoms with E-state index in [0.29, 0.717) is 32.8 Å². The molecule has 0 bridgehead atoms. The van der Waals surface area contributed by atoms with Gasteiger partial charge in [0, 0.05) is 10.0 Å². The molecule has 1 aliphatic heterocycles. The van der Waals surface area contributed by atoms with Crippen LogP contribution in [0, 0.1) is 11.6 Å². The SMILES string of the molecule is COc1cc(/C=C2/C(=O)NC(=S)N(c3ccc(F)cc3)C2=O)c(Br)cc1OCc1ccccc1F. The number of carbonyl (C=O) groups is 2. The predicted octanol–water partition coefficient (Wildman–Crippen LogP) is 5.15. The summed E-state index contributed by atoms with van der Waals surface area (Å²) in [5, 5.41) is 2.36. The van der Waals surface area contributed by atoms with Gasteiger partial charge in [0.15, 0.2) is 16.6 Å². The van der Waals surface area contributed by atoms with Gasteiger partial charge in [0.05, 0.1) is 12.8 Å². The summed E-state index contributed by atoms with van der Waals surface area (Å²) in [6.07, 6.45) is 1.38. The summed E-state index contributed by atoms with van der Waals surface area (Å²) in [4.78, 5) is 26.9. The zero-order chi connectivity index (χ0) is 25.1. The Morgan fingerprint density at radius 2 is 1.77 bits per heavy atom. The van der Waals surface area contributed by atoms with E-state index in [1.807, 2.05) is 0 Å². The molecule has 3 aromatic carbocycles. The van der Waals surface area contributed by atoms with Crippen LogP contribution < -0.4 is 19.7 Å². The Morgan fingerprint density at radius 3 is 2.46 bits per heavy atom. The number of ether oxygens (including phenoxy) is 2. The molecule has 0 aromatic heterocycles. The molecule has 0 saturated carbocycles. The van der Waals surface area contributed by atoms with Crippen LogP contribution in [0.2, 0.25) is 0 Å². The first-order valence-corrected chi connectivity index (χ1v) is 11.4. The minimum atomic E-state index is -0.677. The fourth-order valence-corrected chi connectivity index (χ4v) is 4.06. The summed E-state index contributed by atoms with van der Waals surface area (Å²) in [6.45, 7) is -0.0269. The van der Waals surface area contributed by atoms with Gasteiger partial charge in [-0.3, -0.25) is 19.8 Å². The van der Waals surface area contributed by atoms with Crippen molar-refractivity contribution < 1.29 is 27.8 Å². The van der Waals surface area contributed by atoms with Gasteiger partial charge in [-0.05, 0) is 66.3 Å². The number of halogens is 3. The second-order valence-electron chi connectivity index (χ2n) is 7.34. The Hall–Kier alpha value is -3.63. The van der Waals surface area contributed by atoms with Crippen molar-refractivity contribution in [1.29, 1.82) is 0 Å². The lowest BCUT2D eigenvalue weighted by Crippen LogP contribution is -2.54. The number of thiocarbonyl (C=S) groups is 1. The van der Waals surface area contributed by atoms with Gasteiger partial charge >= 0.3 is 0 Å². The van der Waals surface area contributed by atoms with E-state index in [9.17, 15) is 18.4 Å². The second-order valence-corrected chi connectivity index (χ2v) is 8.58. The smallest absolute Gasteiger partial charge is 0.270 e. The molecule has 35 heavy (non-hydrogen) atoms. The van der Waals surface area contributed by atoms with Crippen molar-refractivity contribution in [3.05, 3.63) is 93.5 Å². The molecule has 3 aromatic rings. The molecule has 178 valence electrons. The monoisotopic (exact) mass is 558 g/mol. The lowest BCUT2D eigenvalue weighted by molar-refractivity contribution is -0.122. The van der Waals surface area contributed by atoms with Gasteiger partial charge in [0.25, 0.3) is 11.8 Å². The molecule has 1 aliphatic rings. The quantitative estimate of drug-likeness (QED) is 0.257. The number of rotatable bonds is 6. The number of benzene rings is 3. The average Bonchev–Trinajstić information content (AvgIpc) is 2.83. The van der Waals surface area contributed by atoms with E-state index in [-0.39, 0.29) is 17.3 Å². The van der Waals surface area contributed by atoms with Gasteiger partial charge in [0.2, 0.25) is 0 Å². The van der Waals surface area contributed by atoms with Crippen LogP contribution in [0.25, 0.3) is 6.08 Å². The molecule has 4 rings (SSSR count). The maximum atomic E-state index is 13.9. The van der Waals surface area contributed by atoms with E-state index in [4.69, 9.17) is 21.7 Å². The maximum absolute atomic E-state index is 13.9. The van der Waals surface area contributed by atoms with Gasteiger partial charge < -0.3 is 9.47 Å². The summed E-state index contributed by atoms with van der Waals surface area (Å²) in [6, 6.07) is 14.6. The zero-order valence-electron chi connectivity index (χ0n) is 18.2. The van der Waals surface area contributed by atoms with E-state index in [1.54, 1.807) is 30.3 Å². The Labute approximate surface area is 213 Å². The van der Waals surface area contributed by atoms with Crippen LogP contribution in [-0.2, 0) is 16.2 Å². The molecular formula is C25H17BrF2N2O4S. The van der Waals surface area contributed by atoms with Crippen molar-refractivity contribution >= 4 is 56.8 Å². The standard InChI is InChI=1S/C25H17BrF2N2O4S/c1-33-21-11-15(19(26)12-22(21)34-13-14-4-2-3-5-20(14)28)10-18-23(31)29-25(35)30(24(18)32)17-8-6-16(27)7-9-17/h2-12H,13H2,1H3,(H,29,31,35)/b18-10-. The molecule has 0 aliphatic carbocycles. The molecule has 1 heterocycles. The molecule has 1 saturated heterocycles. The highest BCUT2D eigenvalue weighted by Crippen LogP contribution is 2.36. The summed E-state index contributed by atoms with van der Waals surface area (Å²) < 4.78 is 38.9. The van der Waals surface area contributed by atoms with E-state index in [1.165, 1.54) is 43.5 Å². The first-order valence-electron chi connectivity index (χ1n) is 10.2. The molecule has 1 fully saturated rings. The van der Waals surface area contributed by atoms with Crippen molar-refractivity contribution in [3.8, 4) is 11.5 Å². The molecule has 0 unspecified atom stereocenters. The van der Waals surface area contributed by atoms with Crippen LogP contribution in [0.1, 0.15) is 11.1 Å². The number of hydrogen-bond acceptors (Lipinski definition) is 5. The van der Waals surface area contributed by atoms with Crippen LogP contribution in [0.4, 0.5) is 14.5 Å². The van der Waals surface area contributed by atoms with Gasteiger partial charge in [-0.1, -0.05) is 34.1 Å². The molecular weight excluding hydrogens is 542 g/mol. The van der Waals surface area contributed by atoms with Crippen LogP contribution in [0.15, 0.2) is 70.7 Å². The highest BCUT2D eigenvalue weighted by atomic mass is 79.9. The highest BCUT2D eigenvalue weighted by molar-refractivity contribution is 9.10. The third-order valence-electron chi connectivity index (χ3n) is 5.11. The van der Waals surface area contributed by atoms with Crippen molar-refractivity contribution in [1.82, 2.24) is 5.32 Å². The van der Waals surface area contributed by atoms with Gasteiger partial charge in [0.1, 0.15) is 23.8 Å². The first-order chi connectivity index (χ1) is 16.8. The van der Waals surface area contributed by atoms with Crippen molar-refractivity contribution in [3.63, 3.8) is 0 Å². The molecule has 0 atom stereocenters. The normalized spacial score (nSPS) is 14.8. The van der Waals surface area contributed by atoms with Crippen LogP contribution in [-0.4, -0.2) is 24.0 Å². The zero-order valence-corrected chi connectivity index (χ0v) is 20.6. The Kier molecular flexibility index (Phi) is 7.23. The Balaban J connectivity index is 1.65. The number of carbonyl (C=O) groups excluding carboxylic acids is 2.